The predicted octanol–water partition coefficient (Wildman–Crippen LogP) is 2.39. The van der Waals surface area contributed by atoms with Gasteiger partial charge in [-0.15, -0.1) is 0 Å². The zero-order chi connectivity index (χ0) is 28.3. The van der Waals surface area contributed by atoms with Gasteiger partial charge in [-0.05, 0) is 54.3 Å². The first-order valence-electron chi connectivity index (χ1n) is 12.4. The van der Waals surface area contributed by atoms with E-state index in [0.717, 1.165) is 32.5 Å². The third-order valence-electron chi connectivity index (χ3n) is 7.19. The van der Waals surface area contributed by atoms with E-state index in [0.29, 0.717) is 24.2 Å². The van der Waals surface area contributed by atoms with Gasteiger partial charge in [0.25, 0.3) is 0 Å². The zero-order valence-electron chi connectivity index (χ0n) is 22.0. The highest BCUT2D eigenvalue weighted by molar-refractivity contribution is 6.03. The minimum Gasteiger partial charge on any atom is -0.496 e. The number of amidine groups is 1. The van der Waals surface area contributed by atoms with Gasteiger partial charge in [0.2, 0.25) is 11.8 Å². The number of benzene rings is 3. The van der Waals surface area contributed by atoms with E-state index in [1.54, 1.807) is 18.1 Å². The Bertz CT molecular complexity index is 1460. The summed E-state index contributed by atoms with van der Waals surface area (Å²) >= 11 is 0. The number of nitrogens with zero attached hydrogens (tertiary/aromatic N) is 3. The van der Waals surface area contributed by atoms with Crippen molar-refractivity contribution >= 4 is 40.2 Å². The molecule has 3 aromatic rings. The first-order chi connectivity index (χ1) is 18.7. The minimum atomic E-state index is -1.23. The fourth-order valence-electron chi connectivity index (χ4n) is 4.77. The minimum absolute atomic E-state index is 0.174. The van der Waals surface area contributed by atoms with Crippen LogP contribution >= 0.6 is 0 Å². The maximum Gasteiger partial charge on any atom is 0.407 e. The van der Waals surface area contributed by atoms with E-state index in [1.807, 2.05) is 48.5 Å². The number of hydrogen-bond acceptors (Lipinski definition) is 6. The quantitative estimate of drug-likeness (QED) is 0.157. The number of amides is 3. The Kier molecular flexibility index (Phi) is 7.89. The number of hydrogen-bond donors (Lipinski definition) is 4. The maximum atomic E-state index is 14.0. The van der Waals surface area contributed by atoms with Gasteiger partial charge >= 0.3 is 6.09 Å². The average Bonchev–Trinajstić information content (AvgIpc) is 3.07. The summed E-state index contributed by atoms with van der Waals surface area (Å²) in [5, 5.41) is 17.3. The molecule has 3 aromatic carbocycles. The van der Waals surface area contributed by atoms with E-state index in [-0.39, 0.29) is 18.3 Å². The van der Waals surface area contributed by atoms with Crippen LogP contribution in [0.2, 0.25) is 0 Å². The molecule has 0 radical (unpaired) electrons. The number of para-hydroxylation sites is 1. The molecule has 4 rings (SSSR count). The topological polar surface area (TPSA) is 164 Å². The summed E-state index contributed by atoms with van der Waals surface area (Å²) in [7, 11) is 2.88. The van der Waals surface area contributed by atoms with E-state index >= 15 is 0 Å². The molecule has 1 aliphatic heterocycles. The number of aryl methyl sites for hydroxylation is 1. The number of likely N-dealkylation sites (N-methyl/N-ethyl adjacent to an activating group) is 1. The van der Waals surface area contributed by atoms with Crippen LogP contribution < -0.4 is 26.5 Å². The molecule has 2 atom stereocenters. The van der Waals surface area contributed by atoms with Crippen LogP contribution in [0.25, 0.3) is 10.8 Å². The number of hydrazone groups is 1. The molecule has 0 fully saturated rings. The number of fused-ring (bicyclic) bond motifs is 2. The molecule has 0 saturated heterocycles. The molecular formula is C28H32N6O5. The smallest absolute Gasteiger partial charge is 0.407 e. The molecule has 1 aliphatic rings. The van der Waals surface area contributed by atoms with Crippen LogP contribution in [-0.4, -0.2) is 60.0 Å². The van der Waals surface area contributed by atoms with Gasteiger partial charge in [-0.1, -0.05) is 36.4 Å². The maximum absolute atomic E-state index is 14.0. The molecule has 0 aromatic heterocycles. The summed E-state index contributed by atoms with van der Waals surface area (Å²) in [5.74, 6) is 5.32. The predicted molar refractivity (Wildman–Crippen MR) is 149 cm³/mol. The lowest BCUT2D eigenvalue weighted by Gasteiger charge is -2.29. The van der Waals surface area contributed by atoms with Crippen molar-refractivity contribution in [2.75, 3.05) is 19.1 Å². The molecule has 0 bridgehead atoms. The summed E-state index contributed by atoms with van der Waals surface area (Å²) in [6, 6.07) is 15.1. The number of anilines is 1. The van der Waals surface area contributed by atoms with E-state index in [1.165, 1.54) is 14.0 Å². The molecule has 1 heterocycles. The Hall–Kier alpha value is -4.80. The summed E-state index contributed by atoms with van der Waals surface area (Å²) in [4.78, 5) is 40.8. The Morgan fingerprint density at radius 3 is 2.67 bits per heavy atom. The first kappa shape index (κ1) is 27.2. The Balaban J connectivity index is 1.74. The van der Waals surface area contributed by atoms with Crippen LogP contribution in [0.4, 0.5) is 10.5 Å². The zero-order valence-corrected chi connectivity index (χ0v) is 22.0. The van der Waals surface area contributed by atoms with Gasteiger partial charge in [0.05, 0.1) is 13.7 Å². The molecule has 0 spiro atoms. The molecule has 3 amide bonds. The molecule has 11 heteroatoms. The molecule has 11 nitrogen and oxygen atoms in total. The van der Waals surface area contributed by atoms with Crippen molar-refractivity contribution in [3.8, 4) is 5.75 Å². The van der Waals surface area contributed by atoms with Crippen LogP contribution in [-0.2, 0) is 22.6 Å². The van der Waals surface area contributed by atoms with Crippen LogP contribution in [0, 0.1) is 0 Å². The molecule has 0 unspecified atom stereocenters. The second-order valence-corrected chi connectivity index (χ2v) is 9.42. The van der Waals surface area contributed by atoms with E-state index in [4.69, 9.17) is 16.3 Å². The molecular weight excluding hydrogens is 500 g/mol. The summed E-state index contributed by atoms with van der Waals surface area (Å²) in [5.41, 5.74) is 9.06. The Morgan fingerprint density at radius 2 is 1.97 bits per heavy atom. The Morgan fingerprint density at radius 1 is 1.23 bits per heavy atom. The largest absolute Gasteiger partial charge is 0.496 e. The fourth-order valence-corrected chi connectivity index (χ4v) is 4.77. The summed E-state index contributed by atoms with van der Waals surface area (Å²) in [6.07, 6.45) is -0.306. The highest BCUT2D eigenvalue weighted by Crippen LogP contribution is 2.34. The lowest BCUT2D eigenvalue weighted by molar-refractivity contribution is -0.130. The third kappa shape index (κ3) is 5.42. The number of carboxylic acid groups (broad SMARTS) is 1. The number of methoxy groups -OCH3 is 1. The van der Waals surface area contributed by atoms with Crippen LogP contribution in [0.15, 0.2) is 59.7 Å². The van der Waals surface area contributed by atoms with E-state index < -0.39 is 24.1 Å². The van der Waals surface area contributed by atoms with Crippen molar-refractivity contribution in [2.45, 2.75) is 38.4 Å². The number of ether oxygens (including phenoxy) is 1. The average molecular weight is 533 g/mol. The number of carbonyl (C=O) groups excluding carboxylic acids is 2. The van der Waals surface area contributed by atoms with Crippen LogP contribution in [0.5, 0.6) is 5.75 Å². The van der Waals surface area contributed by atoms with Crippen molar-refractivity contribution in [1.29, 1.82) is 0 Å². The number of nitrogens with one attached hydrogen (secondary N) is 1. The molecule has 39 heavy (non-hydrogen) atoms. The van der Waals surface area contributed by atoms with Crippen molar-refractivity contribution in [3.63, 3.8) is 0 Å². The highest BCUT2D eigenvalue weighted by Gasteiger charge is 2.34. The van der Waals surface area contributed by atoms with Crippen molar-refractivity contribution in [1.82, 2.24) is 10.2 Å². The van der Waals surface area contributed by atoms with Gasteiger partial charge in [-0.3, -0.25) is 14.5 Å². The lowest BCUT2D eigenvalue weighted by atomic mass is 9.99. The number of nitrogens with two attached hydrogens (primary N) is 2. The van der Waals surface area contributed by atoms with Gasteiger partial charge in [-0.2, -0.15) is 5.10 Å². The summed E-state index contributed by atoms with van der Waals surface area (Å²) in [6.45, 7) is 1.65. The SMILES string of the molecule is COc1ccc2cc(/C(N)=N/N)ccc2c1CN1C(=O)[C@@H](NC(=O)[C@H](C)N(C)C(=O)O)CCc2ccccc21. The van der Waals surface area contributed by atoms with Gasteiger partial charge < -0.3 is 31.6 Å². The summed E-state index contributed by atoms with van der Waals surface area (Å²) < 4.78 is 5.68. The fraction of sp³-hybridized carbons (Fsp3) is 0.286. The van der Waals surface area contributed by atoms with Crippen molar-refractivity contribution < 1.29 is 24.2 Å². The molecule has 0 aliphatic carbocycles. The van der Waals surface area contributed by atoms with Crippen molar-refractivity contribution in [3.05, 3.63) is 71.3 Å². The normalized spacial score (nSPS) is 16.3. The standard InChI is InChI=1S/C28H32N6O5/c1-16(33(2)28(37)38)26(35)31-22-12-9-17-6-4-5-7-23(17)34(27(22)36)15-21-20-11-8-19(25(29)32-30)14-18(20)10-13-24(21)39-3/h4-8,10-11,13-14,16,22H,9,12,15,30H2,1-3H3,(H2,29,32)(H,31,35)(H,37,38)/t16-,22-/m0/s1. The molecule has 0 saturated carbocycles. The van der Waals surface area contributed by atoms with Crippen molar-refractivity contribution in [2.24, 2.45) is 16.7 Å². The highest BCUT2D eigenvalue weighted by atomic mass is 16.5. The van der Waals surface area contributed by atoms with E-state index in [9.17, 15) is 19.5 Å². The second kappa shape index (κ2) is 11.3. The number of rotatable bonds is 7. The van der Waals surface area contributed by atoms with E-state index in [2.05, 4.69) is 10.4 Å². The van der Waals surface area contributed by atoms with Gasteiger partial charge in [0.15, 0.2) is 0 Å². The van der Waals surface area contributed by atoms with Crippen LogP contribution in [0.1, 0.15) is 30.0 Å². The third-order valence-corrected chi connectivity index (χ3v) is 7.19. The van der Waals surface area contributed by atoms with Gasteiger partial charge in [0, 0.05) is 23.9 Å². The van der Waals surface area contributed by atoms with Gasteiger partial charge in [-0.25, -0.2) is 4.79 Å². The van der Waals surface area contributed by atoms with Crippen LogP contribution in [0.3, 0.4) is 0 Å². The lowest BCUT2D eigenvalue weighted by Crippen LogP contribution is -2.53. The molecule has 204 valence electrons. The Labute approximate surface area is 226 Å². The second-order valence-electron chi connectivity index (χ2n) is 9.42. The number of carbonyl (C=O) groups is 3. The van der Waals surface area contributed by atoms with Gasteiger partial charge in [0.1, 0.15) is 23.7 Å². The molecule has 6 N–H and O–H groups in total. The first-order valence-corrected chi connectivity index (χ1v) is 12.4. The monoisotopic (exact) mass is 532 g/mol.